The number of ketones is 1. The number of rotatable bonds is 4. The third-order valence-electron chi connectivity index (χ3n) is 3.54. The lowest BCUT2D eigenvalue weighted by molar-refractivity contribution is -0.119. The summed E-state index contributed by atoms with van der Waals surface area (Å²) in [7, 11) is 1.54. The number of aromatic nitrogens is 4. The summed E-state index contributed by atoms with van der Waals surface area (Å²) in [4.78, 5) is 40.9. The van der Waals surface area contributed by atoms with Gasteiger partial charge in [-0.25, -0.2) is 9.78 Å². The molecule has 2 heterocycles. The fourth-order valence-electron chi connectivity index (χ4n) is 2.26. The van der Waals surface area contributed by atoms with Gasteiger partial charge in [-0.15, -0.1) is 0 Å². The fraction of sp³-hybridized carbons (Fsp3) is 0.429. The Morgan fingerprint density at radius 1 is 1.36 bits per heavy atom. The van der Waals surface area contributed by atoms with Crippen molar-refractivity contribution in [2.24, 2.45) is 7.05 Å². The van der Waals surface area contributed by atoms with Gasteiger partial charge in [-0.2, -0.15) is 0 Å². The van der Waals surface area contributed by atoms with Crippen LogP contribution in [0, 0.1) is 0 Å². The molecule has 2 aromatic heterocycles. The smallest absolute Gasteiger partial charge is 0.302 e. The molecular weight excluding hydrogens is 352 g/mol. The number of carbonyl (C=O) groups is 1. The van der Waals surface area contributed by atoms with Crippen LogP contribution in [0.2, 0.25) is 0 Å². The van der Waals surface area contributed by atoms with Crippen LogP contribution in [0.1, 0.15) is 26.8 Å². The normalized spacial score (nSPS) is 12.6. The molecule has 0 N–H and O–H groups in total. The first kappa shape index (κ1) is 16.4. The maximum atomic E-state index is 12.7. The van der Waals surface area contributed by atoms with Crippen LogP contribution in [-0.2, 0) is 18.4 Å². The summed E-state index contributed by atoms with van der Waals surface area (Å²) in [5, 5.41) is 0. The molecule has 2 aromatic rings. The van der Waals surface area contributed by atoms with Gasteiger partial charge in [0.1, 0.15) is 0 Å². The van der Waals surface area contributed by atoms with Crippen molar-refractivity contribution in [3.63, 3.8) is 0 Å². The number of halogens is 1. The predicted molar refractivity (Wildman–Crippen MR) is 87.1 cm³/mol. The van der Waals surface area contributed by atoms with Gasteiger partial charge in [0.05, 0.1) is 12.6 Å². The molecule has 2 rings (SSSR count). The van der Waals surface area contributed by atoms with Crippen molar-refractivity contribution in [3.05, 3.63) is 37.7 Å². The van der Waals surface area contributed by atoms with Crippen LogP contribution < -0.4 is 11.2 Å². The van der Waals surface area contributed by atoms with Crippen LogP contribution in [0.5, 0.6) is 0 Å². The average molecular weight is 369 g/mol. The lowest BCUT2D eigenvalue weighted by Gasteiger charge is -2.13. The van der Waals surface area contributed by atoms with E-state index in [0.717, 1.165) is 4.57 Å². The first-order chi connectivity index (χ1) is 10.2. The van der Waals surface area contributed by atoms with E-state index in [4.69, 9.17) is 0 Å². The van der Waals surface area contributed by atoms with Gasteiger partial charge >= 0.3 is 5.69 Å². The van der Waals surface area contributed by atoms with Crippen molar-refractivity contribution in [3.8, 4) is 0 Å². The summed E-state index contributed by atoms with van der Waals surface area (Å²) in [6.07, 6.45) is 0. The third kappa shape index (κ3) is 2.47. The molecule has 22 heavy (non-hydrogen) atoms. The van der Waals surface area contributed by atoms with E-state index in [2.05, 4.69) is 27.5 Å². The summed E-state index contributed by atoms with van der Waals surface area (Å²) in [5.41, 5.74) is 0.203. The number of allylic oxidation sites excluding steroid dienone is 1. The number of hydrogen-bond acceptors (Lipinski definition) is 4. The number of imidazole rings is 1. The number of fused-ring (bicyclic) bond motifs is 1. The first-order valence-electron chi connectivity index (χ1n) is 6.68. The number of hydrogen-bond donors (Lipinski definition) is 0. The highest BCUT2D eigenvalue weighted by molar-refractivity contribution is 9.10. The average Bonchev–Trinajstić information content (AvgIpc) is 2.77. The van der Waals surface area contributed by atoms with E-state index in [1.165, 1.54) is 16.1 Å². The van der Waals surface area contributed by atoms with Gasteiger partial charge in [0, 0.05) is 7.05 Å². The molecule has 0 fully saturated rings. The van der Waals surface area contributed by atoms with Crippen molar-refractivity contribution in [2.45, 2.75) is 33.4 Å². The minimum absolute atomic E-state index is 0.111. The van der Waals surface area contributed by atoms with Crippen LogP contribution in [0.4, 0.5) is 0 Å². The lowest BCUT2D eigenvalue weighted by Crippen LogP contribution is -2.40. The van der Waals surface area contributed by atoms with E-state index < -0.39 is 17.3 Å². The molecule has 0 aromatic carbocycles. The third-order valence-corrected chi connectivity index (χ3v) is 4.10. The van der Waals surface area contributed by atoms with Gasteiger partial charge in [0.25, 0.3) is 5.56 Å². The van der Waals surface area contributed by atoms with Crippen LogP contribution in [0.25, 0.3) is 11.2 Å². The Kier molecular flexibility index (Phi) is 4.23. The molecule has 0 bridgehead atoms. The standard InChI is InChI=1S/C14H17BrN4O3/c1-7(2)6-18-12(21)10-11(17(5)14(18)22)16-13(15)19(10)8(3)9(4)20/h8H,1,6H2,2-5H3. The van der Waals surface area contributed by atoms with Gasteiger partial charge in [-0.1, -0.05) is 12.2 Å². The van der Waals surface area contributed by atoms with Crippen LogP contribution in [-0.4, -0.2) is 24.5 Å². The lowest BCUT2D eigenvalue weighted by atomic mass is 10.2. The SMILES string of the molecule is C=C(C)Cn1c(=O)c2c(nc(Br)n2C(C)C(C)=O)n(C)c1=O. The molecule has 0 saturated carbocycles. The van der Waals surface area contributed by atoms with Gasteiger partial charge in [0.15, 0.2) is 21.7 Å². The number of aryl methyl sites for hydroxylation is 1. The number of carbonyl (C=O) groups excluding carboxylic acids is 1. The first-order valence-corrected chi connectivity index (χ1v) is 7.48. The maximum Gasteiger partial charge on any atom is 0.332 e. The van der Waals surface area contributed by atoms with Crippen molar-refractivity contribution in [2.75, 3.05) is 0 Å². The highest BCUT2D eigenvalue weighted by Gasteiger charge is 2.23. The van der Waals surface area contributed by atoms with E-state index in [1.54, 1.807) is 20.9 Å². The topological polar surface area (TPSA) is 78.9 Å². The molecule has 7 nitrogen and oxygen atoms in total. The fourth-order valence-corrected chi connectivity index (χ4v) is 2.91. The number of Topliss-reactive ketones (excluding diaryl/α,β-unsaturated/α-hetero) is 1. The van der Waals surface area contributed by atoms with E-state index in [-0.39, 0.29) is 23.5 Å². The minimum atomic E-state index is -0.567. The van der Waals surface area contributed by atoms with Crippen LogP contribution in [0.3, 0.4) is 0 Å². The molecule has 0 aliphatic carbocycles. The highest BCUT2D eigenvalue weighted by Crippen LogP contribution is 2.22. The minimum Gasteiger partial charge on any atom is -0.302 e. The zero-order valence-corrected chi connectivity index (χ0v) is 14.5. The summed E-state index contributed by atoms with van der Waals surface area (Å²) >= 11 is 3.27. The summed E-state index contributed by atoms with van der Waals surface area (Å²) in [6, 6.07) is -0.567. The van der Waals surface area contributed by atoms with Crippen LogP contribution >= 0.6 is 15.9 Å². The summed E-state index contributed by atoms with van der Waals surface area (Å²) in [5.74, 6) is -0.111. The van der Waals surface area contributed by atoms with Crippen molar-refractivity contribution >= 4 is 32.9 Å². The molecule has 0 aliphatic heterocycles. The molecule has 0 spiro atoms. The van der Waals surface area contributed by atoms with Crippen LogP contribution in [0.15, 0.2) is 26.5 Å². The van der Waals surface area contributed by atoms with E-state index in [0.29, 0.717) is 10.3 Å². The van der Waals surface area contributed by atoms with Gasteiger partial charge in [-0.05, 0) is 36.7 Å². The van der Waals surface area contributed by atoms with Crippen molar-refractivity contribution in [1.82, 2.24) is 18.7 Å². The Balaban J connectivity index is 2.97. The monoisotopic (exact) mass is 368 g/mol. The maximum absolute atomic E-state index is 12.7. The Hall–Kier alpha value is -1.96. The molecule has 0 saturated heterocycles. The molecule has 0 radical (unpaired) electrons. The molecule has 1 atom stereocenters. The van der Waals surface area contributed by atoms with E-state index >= 15 is 0 Å². The van der Waals surface area contributed by atoms with Gasteiger partial charge in [0.2, 0.25) is 0 Å². The van der Waals surface area contributed by atoms with E-state index in [9.17, 15) is 14.4 Å². The Bertz CT molecular complexity index is 903. The zero-order chi connectivity index (χ0) is 16.8. The van der Waals surface area contributed by atoms with E-state index in [1.807, 2.05) is 0 Å². The summed E-state index contributed by atoms with van der Waals surface area (Å²) < 4.78 is 4.25. The Morgan fingerprint density at radius 3 is 2.45 bits per heavy atom. The largest absolute Gasteiger partial charge is 0.332 e. The second kappa shape index (κ2) is 5.68. The molecule has 0 amide bonds. The molecule has 8 heteroatoms. The molecule has 0 aliphatic rings. The number of nitrogens with zero attached hydrogens (tertiary/aromatic N) is 4. The zero-order valence-electron chi connectivity index (χ0n) is 12.9. The van der Waals surface area contributed by atoms with Crippen molar-refractivity contribution in [1.29, 1.82) is 0 Å². The Morgan fingerprint density at radius 2 is 1.95 bits per heavy atom. The summed E-state index contributed by atoms with van der Waals surface area (Å²) in [6.45, 7) is 8.73. The molecular formula is C14H17BrN4O3. The highest BCUT2D eigenvalue weighted by atomic mass is 79.9. The molecule has 1 unspecified atom stereocenters. The Labute approximate surface area is 135 Å². The van der Waals surface area contributed by atoms with Gasteiger partial charge in [-0.3, -0.25) is 18.7 Å². The second-order valence-electron chi connectivity index (χ2n) is 5.40. The predicted octanol–water partition coefficient (Wildman–Crippen LogP) is 1.39. The van der Waals surface area contributed by atoms with Gasteiger partial charge < -0.3 is 4.57 Å². The second-order valence-corrected chi connectivity index (χ2v) is 6.11. The quantitative estimate of drug-likeness (QED) is 0.603. The molecule has 118 valence electrons. The van der Waals surface area contributed by atoms with Crippen molar-refractivity contribution < 1.29 is 4.79 Å².